The van der Waals surface area contributed by atoms with Crippen molar-refractivity contribution < 1.29 is 29.2 Å². The Labute approximate surface area is 182 Å². The Balaban J connectivity index is 1.87. The Morgan fingerprint density at radius 3 is 2.65 bits per heavy atom. The van der Waals surface area contributed by atoms with Gasteiger partial charge in [0, 0.05) is 11.1 Å². The number of ether oxygens (including phenoxy) is 3. The number of cyclic esters (lactones) is 1. The van der Waals surface area contributed by atoms with Gasteiger partial charge >= 0.3 is 5.97 Å². The molecule has 2 aromatic carbocycles. The lowest BCUT2D eigenvalue weighted by Crippen LogP contribution is -2.46. The number of hydrogen-bond acceptors (Lipinski definition) is 6. The summed E-state index contributed by atoms with van der Waals surface area (Å²) in [5.41, 5.74) is 3.34. The van der Waals surface area contributed by atoms with E-state index in [1.807, 2.05) is 39.0 Å². The number of allylic oxidation sites excluding steroid dienone is 2. The van der Waals surface area contributed by atoms with Crippen LogP contribution in [0.3, 0.4) is 0 Å². The number of aromatic hydroxyl groups is 1. The summed E-state index contributed by atoms with van der Waals surface area (Å²) < 4.78 is 17.9. The summed E-state index contributed by atoms with van der Waals surface area (Å²) in [7, 11) is 0. The van der Waals surface area contributed by atoms with Crippen LogP contribution in [-0.2, 0) is 11.2 Å². The average Bonchev–Trinajstić information content (AvgIpc) is 3.04. The number of hydrogen-bond donors (Lipinski definition) is 2. The fraction of sp³-hybridized carbons (Fsp3) is 0.400. The van der Waals surface area contributed by atoms with Gasteiger partial charge in [0.05, 0.1) is 5.60 Å². The zero-order chi connectivity index (χ0) is 22.5. The van der Waals surface area contributed by atoms with Crippen LogP contribution in [0, 0.1) is 6.92 Å². The summed E-state index contributed by atoms with van der Waals surface area (Å²) in [6.45, 7) is 9.50. The van der Waals surface area contributed by atoms with Gasteiger partial charge in [-0.3, -0.25) is 0 Å². The highest BCUT2D eigenvalue weighted by Gasteiger charge is 2.41. The Morgan fingerprint density at radius 2 is 1.97 bits per heavy atom. The lowest BCUT2D eigenvalue weighted by molar-refractivity contribution is -0.0665. The van der Waals surface area contributed by atoms with E-state index in [4.69, 9.17) is 14.2 Å². The van der Waals surface area contributed by atoms with Crippen LogP contribution in [0.2, 0.25) is 0 Å². The van der Waals surface area contributed by atoms with Crippen molar-refractivity contribution in [2.24, 2.45) is 0 Å². The number of carbonyl (C=O) groups excluding carboxylic acids is 1. The summed E-state index contributed by atoms with van der Waals surface area (Å²) in [4.78, 5) is 12.7. The molecule has 31 heavy (non-hydrogen) atoms. The van der Waals surface area contributed by atoms with Crippen molar-refractivity contribution in [3.05, 3.63) is 63.7 Å². The molecule has 0 saturated carbocycles. The highest BCUT2D eigenvalue weighted by Crippen LogP contribution is 2.49. The maximum absolute atomic E-state index is 12.7. The van der Waals surface area contributed by atoms with E-state index in [-0.39, 0.29) is 17.9 Å². The Morgan fingerprint density at radius 1 is 1.23 bits per heavy atom. The van der Waals surface area contributed by atoms with Gasteiger partial charge in [0.15, 0.2) is 23.7 Å². The molecule has 2 unspecified atom stereocenters. The second-order valence-corrected chi connectivity index (χ2v) is 9.06. The zero-order valence-electron chi connectivity index (χ0n) is 18.5. The summed E-state index contributed by atoms with van der Waals surface area (Å²) in [6.07, 6.45) is 1.36. The summed E-state index contributed by atoms with van der Waals surface area (Å²) in [5, 5.41) is 20.9. The van der Waals surface area contributed by atoms with Gasteiger partial charge in [-0.25, -0.2) is 4.79 Å². The van der Waals surface area contributed by atoms with Crippen LogP contribution < -0.4 is 9.47 Å². The van der Waals surface area contributed by atoms with Crippen LogP contribution in [0.5, 0.6) is 17.2 Å². The number of rotatable bonds is 4. The fourth-order valence-corrected chi connectivity index (χ4v) is 3.99. The molecule has 0 bridgehead atoms. The molecule has 0 aromatic heterocycles. The third kappa shape index (κ3) is 3.88. The minimum Gasteiger partial charge on any atom is -0.507 e. The molecule has 2 aromatic rings. The molecule has 0 radical (unpaired) electrons. The first kappa shape index (κ1) is 21.2. The lowest BCUT2D eigenvalue weighted by atomic mass is 9.90. The molecule has 6 heteroatoms. The first-order valence-corrected chi connectivity index (χ1v) is 10.4. The number of benzene rings is 2. The smallest absolute Gasteiger partial charge is 0.343 e. The molecular weight excluding hydrogens is 396 g/mol. The molecular formula is C25H28O6. The summed E-state index contributed by atoms with van der Waals surface area (Å²) in [6, 6.07) is 7.12. The standard InChI is InChI=1S/C25H28O6/c1-13(2)6-7-15-8-9-17(26)21-20(15)23(31-24(21)27)16-10-14(3)11-18-22(16)30-19(12-29-18)25(4,5)28/h6,8-11,19,23,26,28H,7,12H2,1-5H3. The normalized spacial score (nSPS) is 19.6. The monoisotopic (exact) mass is 424 g/mol. The second kappa shape index (κ2) is 7.61. The fourth-order valence-electron chi connectivity index (χ4n) is 3.99. The zero-order valence-corrected chi connectivity index (χ0v) is 18.5. The molecule has 0 amide bonds. The molecule has 2 heterocycles. The van der Waals surface area contributed by atoms with E-state index < -0.39 is 23.8 Å². The van der Waals surface area contributed by atoms with Gasteiger partial charge in [-0.15, -0.1) is 0 Å². The molecule has 2 aliphatic heterocycles. The molecule has 0 saturated heterocycles. The maximum Gasteiger partial charge on any atom is 0.343 e. The minimum atomic E-state index is -1.11. The van der Waals surface area contributed by atoms with Crippen LogP contribution in [0.4, 0.5) is 0 Å². The van der Waals surface area contributed by atoms with Crippen LogP contribution >= 0.6 is 0 Å². The summed E-state index contributed by atoms with van der Waals surface area (Å²) in [5.74, 6) is 0.330. The van der Waals surface area contributed by atoms with Gasteiger partial charge in [0.2, 0.25) is 0 Å². The number of aliphatic hydroxyl groups is 1. The van der Waals surface area contributed by atoms with Crippen LogP contribution in [0.1, 0.15) is 66.4 Å². The molecule has 0 fully saturated rings. The van der Waals surface area contributed by atoms with Gasteiger partial charge < -0.3 is 24.4 Å². The second-order valence-electron chi connectivity index (χ2n) is 9.06. The van der Waals surface area contributed by atoms with Crippen LogP contribution in [-0.4, -0.2) is 34.5 Å². The molecule has 2 N–H and O–H groups in total. The lowest BCUT2D eigenvalue weighted by Gasteiger charge is -2.35. The van der Waals surface area contributed by atoms with E-state index in [9.17, 15) is 15.0 Å². The predicted octanol–water partition coefficient (Wildman–Crippen LogP) is 4.38. The quantitative estimate of drug-likeness (QED) is 0.560. The first-order chi connectivity index (χ1) is 14.6. The third-order valence-corrected chi connectivity index (χ3v) is 5.68. The topological polar surface area (TPSA) is 85.2 Å². The first-order valence-electron chi connectivity index (χ1n) is 10.4. The SMILES string of the molecule is CC(C)=CCc1ccc(O)c2c1C(c1cc(C)cc3c1OC(C(C)(C)O)CO3)OC2=O. The molecule has 164 valence electrons. The average molecular weight is 424 g/mol. The molecule has 0 spiro atoms. The van der Waals surface area contributed by atoms with Crippen molar-refractivity contribution in [3.63, 3.8) is 0 Å². The molecule has 2 atom stereocenters. The number of phenols is 1. The largest absolute Gasteiger partial charge is 0.507 e. The van der Waals surface area contributed by atoms with E-state index in [2.05, 4.69) is 6.08 Å². The number of carbonyl (C=O) groups is 1. The number of esters is 1. The predicted molar refractivity (Wildman–Crippen MR) is 116 cm³/mol. The van der Waals surface area contributed by atoms with Gasteiger partial charge in [-0.1, -0.05) is 17.7 Å². The van der Waals surface area contributed by atoms with E-state index in [1.54, 1.807) is 13.8 Å². The molecule has 0 aliphatic carbocycles. The molecule has 4 rings (SSSR count). The van der Waals surface area contributed by atoms with Crippen molar-refractivity contribution in [2.45, 2.75) is 58.8 Å². The third-order valence-electron chi connectivity index (χ3n) is 5.68. The van der Waals surface area contributed by atoms with Crippen molar-refractivity contribution in [3.8, 4) is 17.2 Å². The highest BCUT2D eigenvalue weighted by molar-refractivity contribution is 5.98. The Bertz CT molecular complexity index is 1070. The maximum atomic E-state index is 12.7. The van der Waals surface area contributed by atoms with Crippen molar-refractivity contribution in [1.82, 2.24) is 0 Å². The Hall–Kier alpha value is -2.99. The van der Waals surface area contributed by atoms with E-state index in [1.165, 1.54) is 6.07 Å². The van der Waals surface area contributed by atoms with Crippen LogP contribution in [0.15, 0.2) is 35.9 Å². The molecule has 6 nitrogen and oxygen atoms in total. The number of phenolic OH excluding ortho intramolecular Hbond substituents is 1. The molecule has 2 aliphatic rings. The number of aryl methyl sites for hydroxylation is 1. The number of fused-ring (bicyclic) bond motifs is 2. The van der Waals surface area contributed by atoms with Crippen molar-refractivity contribution >= 4 is 5.97 Å². The van der Waals surface area contributed by atoms with Gasteiger partial charge in [0.25, 0.3) is 0 Å². The van der Waals surface area contributed by atoms with Gasteiger partial charge in [-0.05, 0) is 70.4 Å². The minimum absolute atomic E-state index is 0.100. The van der Waals surface area contributed by atoms with Crippen molar-refractivity contribution in [1.29, 1.82) is 0 Å². The van der Waals surface area contributed by atoms with E-state index in [0.717, 1.165) is 16.7 Å². The van der Waals surface area contributed by atoms with Gasteiger partial charge in [-0.2, -0.15) is 0 Å². The Kier molecular flexibility index (Phi) is 5.21. The summed E-state index contributed by atoms with van der Waals surface area (Å²) >= 11 is 0. The van der Waals surface area contributed by atoms with E-state index >= 15 is 0 Å². The highest BCUT2D eigenvalue weighted by atomic mass is 16.6. The van der Waals surface area contributed by atoms with E-state index in [0.29, 0.717) is 29.0 Å². The van der Waals surface area contributed by atoms with Crippen LogP contribution in [0.25, 0.3) is 0 Å². The van der Waals surface area contributed by atoms with Crippen molar-refractivity contribution in [2.75, 3.05) is 6.61 Å². The van der Waals surface area contributed by atoms with Gasteiger partial charge in [0.1, 0.15) is 17.9 Å².